The van der Waals surface area contributed by atoms with E-state index in [4.69, 9.17) is 0 Å². The lowest BCUT2D eigenvalue weighted by Gasteiger charge is -2.17. The van der Waals surface area contributed by atoms with E-state index in [9.17, 15) is 18.0 Å². The van der Waals surface area contributed by atoms with Gasteiger partial charge in [-0.15, -0.1) is 0 Å². The molecular weight excluding hydrogens is 416 g/mol. The normalized spacial score (nSPS) is 11.7. The second-order valence-corrected chi connectivity index (χ2v) is 9.36. The first kappa shape index (κ1) is 22.6. The summed E-state index contributed by atoms with van der Waals surface area (Å²) in [4.78, 5) is 31.2. The molecule has 9 heteroatoms. The minimum Gasteiger partial charge on any atom is -0.356 e. The number of aromatic amines is 1. The van der Waals surface area contributed by atoms with Gasteiger partial charge in [0.05, 0.1) is 15.9 Å². The molecule has 1 aromatic heterocycles. The van der Waals surface area contributed by atoms with Crippen molar-refractivity contribution in [2.75, 3.05) is 20.1 Å². The number of nitrogens with one attached hydrogen (secondary N) is 2. The Morgan fingerprint density at radius 1 is 1.10 bits per heavy atom. The number of hydrogen-bond donors (Lipinski definition) is 2. The Morgan fingerprint density at radius 3 is 2.48 bits per heavy atom. The summed E-state index contributed by atoms with van der Waals surface area (Å²) in [5.74, 6) is 0.555. The van der Waals surface area contributed by atoms with Crippen molar-refractivity contribution in [1.82, 2.24) is 19.6 Å². The van der Waals surface area contributed by atoms with E-state index in [0.29, 0.717) is 24.9 Å². The molecular formula is C22H26N4O4S. The molecule has 31 heavy (non-hydrogen) atoms. The minimum absolute atomic E-state index is 0.121. The molecule has 1 amide bonds. The fourth-order valence-corrected chi connectivity index (χ4v) is 4.37. The number of fused-ring (bicyclic) bond motifs is 1. The van der Waals surface area contributed by atoms with Gasteiger partial charge >= 0.3 is 0 Å². The van der Waals surface area contributed by atoms with Gasteiger partial charge in [-0.25, -0.2) is 17.7 Å². The molecule has 0 bridgehead atoms. The lowest BCUT2D eigenvalue weighted by molar-refractivity contribution is -0.121. The number of para-hydroxylation sites is 2. The highest BCUT2D eigenvalue weighted by Crippen LogP contribution is 2.16. The second-order valence-electron chi connectivity index (χ2n) is 7.31. The molecule has 0 spiro atoms. The molecule has 0 radical (unpaired) electrons. The number of Topliss-reactive ketones (excluding diaryl/α,β-unsaturated/α-hetero) is 1. The minimum atomic E-state index is -3.67. The van der Waals surface area contributed by atoms with Crippen LogP contribution >= 0.6 is 0 Å². The molecule has 2 N–H and O–H groups in total. The van der Waals surface area contributed by atoms with Gasteiger partial charge in [0.1, 0.15) is 5.82 Å². The Kier molecular flexibility index (Phi) is 7.19. The maximum absolute atomic E-state index is 12.6. The van der Waals surface area contributed by atoms with Crippen LogP contribution in [-0.4, -0.2) is 54.5 Å². The molecule has 0 atom stereocenters. The van der Waals surface area contributed by atoms with Crippen molar-refractivity contribution in [2.24, 2.45) is 0 Å². The standard InChI is InChI=1S/C22H26N4O4S/c1-16(27)17-9-11-18(12-10-17)31(29,30)26(2)15-5-8-22(28)23-14-13-21-24-19-6-3-4-7-20(19)25-21/h3-4,6-7,9-12H,5,8,13-15H2,1-2H3,(H,23,28)(H,24,25). The molecule has 8 nitrogen and oxygen atoms in total. The predicted octanol–water partition coefficient (Wildman–Crippen LogP) is 2.53. The monoisotopic (exact) mass is 442 g/mol. The molecule has 0 aliphatic heterocycles. The number of sulfonamides is 1. The van der Waals surface area contributed by atoms with E-state index in [2.05, 4.69) is 15.3 Å². The van der Waals surface area contributed by atoms with Crippen LogP contribution in [0.5, 0.6) is 0 Å². The highest BCUT2D eigenvalue weighted by Gasteiger charge is 2.20. The van der Waals surface area contributed by atoms with Crippen molar-refractivity contribution >= 4 is 32.7 Å². The molecule has 0 saturated heterocycles. The van der Waals surface area contributed by atoms with E-state index < -0.39 is 10.0 Å². The summed E-state index contributed by atoms with van der Waals surface area (Å²) in [6.45, 7) is 2.10. The summed E-state index contributed by atoms with van der Waals surface area (Å²) < 4.78 is 26.5. The number of imidazole rings is 1. The first-order chi connectivity index (χ1) is 14.8. The maximum atomic E-state index is 12.6. The van der Waals surface area contributed by atoms with E-state index in [1.165, 1.54) is 42.5 Å². The summed E-state index contributed by atoms with van der Waals surface area (Å²) in [6.07, 6.45) is 1.21. The Morgan fingerprint density at radius 2 is 1.81 bits per heavy atom. The van der Waals surface area contributed by atoms with Gasteiger partial charge in [-0.2, -0.15) is 0 Å². The quantitative estimate of drug-likeness (QED) is 0.469. The van der Waals surface area contributed by atoms with Gasteiger partial charge in [-0.3, -0.25) is 9.59 Å². The largest absolute Gasteiger partial charge is 0.356 e. The number of ketones is 1. The maximum Gasteiger partial charge on any atom is 0.242 e. The topological polar surface area (TPSA) is 112 Å². The number of rotatable bonds is 10. The number of carbonyl (C=O) groups is 2. The van der Waals surface area contributed by atoms with E-state index in [0.717, 1.165) is 16.9 Å². The van der Waals surface area contributed by atoms with E-state index in [1.54, 1.807) is 0 Å². The fourth-order valence-electron chi connectivity index (χ4n) is 3.16. The summed E-state index contributed by atoms with van der Waals surface area (Å²) in [6, 6.07) is 13.6. The summed E-state index contributed by atoms with van der Waals surface area (Å²) in [5.41, 5.74) is 2.31. The predicted molar refractivity (Wildman–Crippen MR) is 118 cm³/mol. The van der Waals surface area contributed by atoms with Crippen LogP contribution in [0.2, 0.25) is 0 Å². The van der Waals surface area contributed by atoms with Crippen molar-refractivity contribution in [3.63, 3.8) is 0 Å². The van der Waals surface area contributed by atoms with Crippen molar-refractivity contribution < 1.29 is 18.0 Å². The first-order valence-corrected chi connectivity index (χ1v) is 11.5. The average molecular weight is 443 g/mol. The highest BCUT2D eigenvalue weighted by molar-refractivity contribution is 7.89. The van der Waals surface area contributed by atoms with Crippen LogP contribution in [0.15, 0.2) is 53.4 Å². The van der Waals surface area contributed by atoms with Crippen molar-refractivity contribution in [3.8, 4) is 0 Å². The van der Waals surface area contributed by atoms with Crippen LogP contribution in [0.1, 0.15) is 35.9 Å². The van der Waals surface area contributed by atoms with Gasteiger partial charge in [-0.1, -0.05) is 24.3 Å². The SMILES string of the molecule is CC(=O)c1ccc(S(=O)(=O)N(C)CCCC(=O)NCCc2nc3ccccc3[nH]2)cc1. The zero-order valence-electron chi connectivity index (χ0n) is 17.6. The van der Waals surface area contributed by atoms with Crippen LogP contribution in [0, 0.1) is 0 Å². The fraction of sp³-hybridized carbons (Fsp3) is 0.318. The molecule has 3 aromatic rings. The number of nitrogens with zero attached hydrogens (tertiary/aromatic N) is 2. The average Bonchev–Trinajstić information content (AvgIpc) is 3.16. The van der Waals surface area contributed by atoms with Gasteiger partial charge in [-0.05, 0) is 37.6 Å². The summed E-state index contributed by atoms with van der Waals surface area (Å²) >= 11 is 0. The van der Waals surface area contributed by atoms with E-state index >= 15 is 0 Å². The molecule has 0 fully saturated rings. The zero-order chi connectivity index (χ0) is 22.4. The number of benzene rings is 2. The molecule has 0 unspecified atom stereocenters. The molecule has 1 heterocycles. The van der Waals surface area contributed by atoms with Crippen molar-refractivity contribution in [1.29, 1.82) is 0 Å². The van der Waals surface area contributed by atoms with Crippen molar-refractivity contribution in [2.45, 2.75) is 31.1 Å². The Bertz CT molecular complexity index is 1140. The third-order valence-corrected chi connectivity index (χ3v) is 6.84. The number of hydrogen-bond acceptors (Lipinski definition) is 5. The van der Waals surface area contributed by atoms with Crippen LogP contribution in [0.3, 0.4) is 0 Å². The van der Waals surface area contributed by atoms with Crippen molar-refractivity contribution in [3.05, 3.63) is 59.9 Å². The third kappa shape index (κ3) is 5.77. The molecule has 0 aliphatic rings. The molecule has 3 rings (SSSR count). The van der Waals surface area contributed by atoms with Gasteiger partial charge in [0.15, 0.2) is 5.78 Å². The van der Waals surface area contributed by atoms with E-state index in [1.807, 2.05) is 24.3 Å². The second kappa shape index (κ2) is 9.84. The lowest BCUT2D eigenvalue weighted by Crippen LogP contribution is -2.30. The van der Waals surface area contributed by atoms with Crippen LogP contribution in [0.4, 0.5) is 0 Å². The molecule has 0 saturated carbocycles. The molecule has 0 aliphatic carbocycles. The van der Waals surface area contributed by atoms with Crippen LogP contribution in [-0.2, 0) is 21.2 Å². The Balaban J connectivity index is 1.42. The zero-order valence-corrected chi connectivity index (χ0v) is 18.4. The van der Waals surface area contributed by atoms with Gasteiger partial charge in [0, 0.05) is 38.5 Å². The Hall–Kier alpha value is -3.04. The first-order valence-electron chi connectivity index (χ1n) is 10.0. The number of carbonyl (C=O) groups excluding carboxylic acids is 2. The number of H-pyrrole nitrogens is 1. The summed E-state index contributed by atoms with van der Waals surface area (Å²) in [5, 5.41) is 2.84. The number of amides is 1. The van der Waals surface area contributed by atoms with Gasteiger partial charge < -0.3 is 10.3 Å². The van der Waals surface area contributed by atoms with Gasteiger partial charge in [0.25, 0.3) is 0 Å². The smallest absolute Gasteiger partial charge is 0.242 e. The van der Waals surface area contributed by atoms with Gasteiger partial charge in [0.2, 0.25) is 15.9 Å². The van der Waals surface area contributed by atoms with Crippen LogP contribution < -0.4 is 5.32 Å². The number of aromatic nitrogens is 2. The third-order valence-electron chi connectivity index (χ3n) is 4.97. The van der Waals surface area contributed by atoms with Crippen LogP contribution in [0.25, 0.3) is 11.0 Å². The summed E-state index contributed by atoms with van der Waals surface area (Å²) in [7, 11) is -2.19. The Labute approximate surface area is 181 Å². The lowest BCUT2D eigenvalue weighted by atomic mass is 10.2. The highest BCUT2D eigenvalue weighted by atomic mass is 32.2. The molecule has 164 valence electrons. The molecule has 2 aromatic carbocycles. The van der Waals surface area contributed by atoms with E-state index in [-0.39, 0.29) is 29.6 Å².